The highest BCUT2D eigenvalue weighted by Crippen LogP contribution is 2.56. The first-order valence-electron chi connectivity index (χ1n) is 9.66. The molecule has 4 aliphatic carbocycles. The van der Waals surface area contributed by atoms with Crippen molar-refractivity contribution in [2.45, 2.75) is 58.4 Å². The summed E-state index contributed by atoms with van der Waals surface area (Å²) in [4.78, 5) is 12.9. The van der Waals surface area contributed by atoms with Crippen LogP contribution in [-0.4, -0.2) is 19.2 Å². The summed E-state index contributed by atoms with van der Waals surface area (Å²) in [6, 6.07) is 0. The molecule has 5 heteroatoms. The van der Waals surface area contributed by atoms with E-state index < -0.39 is 0 Å². The van der Waals surface area contributed by atoms with Gasteiger partial charge in [-0.05, 0) is 68.1 Å². The second-order valence-electron chi connectivity index (χ2n) is 8.41. The van der Waals surface area contributed by atoms with Gasteiger partial charge < -0.3 is 4.57 Å². The fourth-order valence-corrected chi connectivity index (χ4v) is 6.07. The lowest BCUT2D eigenvalue weighted by Crippen LogP contribution is -2.47. The third-order valence-corrected chi connectivity index (χ3v) is 6.92. The third-order valence-electron chi connectivity index (χ3n) is 6.92. The maximum atomic E-state index is 12.9. The fraction of sp³-hybridized carbons (Fsp3) is 0.737. The van der Waals surface area contributed by atoms with Crippen LogP contribution in [-0.2, 0) is 13.0 Å². The molecule has 0 atom stereocenters. The Bertz CT molecular complexity index is 792. The van der Waals surface area contributed by atoms with Gasteiger partial charge in [-0.25, -0.2) is 0 Å². The SMILES string of the molecule is CCCc1nnc2c(=O)n(CC3[C@H]4C[C@@H]5C[C@@H](C[C@H]3C5)C4)ccn12. The molecule has 4 bridgehead atoms. The maximum absolute atomic E-state index is 12.9. The molecule has 2 heterocycles. The average molecular weight is 326 g/mol. The summed E-state index contributed by atoms with van der Waals surface area (Å²) in [5, 5.41) is 8.37. The summed E-state index contributed by atoms with van der Waals surface area (Å²) in [6.45, 7) is 2.99. The Kier molecular flexibility index (Phi) is 3.32. The van der Waals surface area contributed by atoms with E-state index in [9.17, 15) is 4.79 Å². The van der Waals surface area contributed by atoms with E-state index in [-0.39, 0.29) is 5.56 Å². The first-order valence-corrected chi connectivity index (χ1v) is 9.66. The molecule has 0 unspecified atom stereocenters. The van der Waals surface area contributed by atoms with Gasteiger partial charge in [-0.3, -0.25) is 9.20 Å². The van der Waals surface area contributed by atoms with Crippen LogP contribution in [0, 0.1) is 29.6 Å². The Balaban J connectivity index is 1.45. The van der Waals surface area contributed by atoms with Crippen LogP contribution in [0.5, 0.6) is 0 Å². The normalized spacial score (nSPS) is 34.3. The zero-order valence-electron chi connectivity index (χ0n) is 14.4. The molecule has 0 N–H and O–H groups in total. The summed E-state index contributed by atoms with van der Waals surface area (Å²) < 4.78 is 3.78. The van der Waals surface area contributed by atoms with E-state index in [1.165, 1.54) is 32.1 Å². The molecule has 6 rings (SSSR count). The fourth-order valence-electron chi connectivity index (χ4n) is 6.07. The molecule has 2 aromatic rings. The largest absolute Gasteiger partial charge is 0.311 e. The molecule has 0 aromatic carbocycles. The molecule has 0 amide bonds. The zero-order chi connectivity index (χ0) is 16.3. The third kappa shape index (κ3) is 2.16. The molecule has 5 nitrogen and oxygen atoms in total. The number of fused-ring (bicyclic) bond motifs is 1. The summed E-state index contributed by atoms with van der Waals surface area (Å²) in [5.41, 5.74) is 0.519. The van der Waals surface area contributed by atoms with Gasteiger partial charge in [0.25, 0.3) is 5.56 Å². The maximum Gasteiger partial charge on any atom is 0.296 e. The van der Waals surface area contributed by atoms with Crippen molar-refractivity contribution in [1.29, 1.82) is 0 Å². The average Bonchev–Trinajstić information content (AvgIpc) is 2.96. The van der Waals surface area contributed by atoms with Gasteiger partial charge in [0.05, 0.1) is 0 Å². The molecule has 0 spiro atoms. The minimum atomic E-state index is 0.0289. The minimum Gasteiger partial charge on any atom is -0.311 e. The highest BCUT2D eigenvalue weighted by Gasteiger charge is 2.48. The molecule has 4 saturated carbocycles. The number of hydrogen-bond donors (Lipinski definition) is 0. The first-order chi connectivity index (χ1) is 11.7. The summed E-state index contributed by atoms with van der Waals surface area (Å²) >= 11 is 0. The van der Waals surface area contributed by atoms with Gasteiger partial charge in [0.15, 0.2) is 0 Å². The Morgan fingerprint density at radius 2 is 1.75 bits per heavy atom. The topological polar surface area (TPSA) is 52.2 Å². The number of aryl methyl sites for hydroxylation is 1. The van der Waals surface area contributed by atoms with E-state index in [1.807, 2.05) is 21.4 Å². The standard InChI is InChI=1S/C19H26N4O/c1-2-3-17-20-21-18-19(24)22(4-5-23(17)18)11-16-14-7-12-6-13(9-14)10-15(16)8-12/h4-5,12-16H,2-3,6-11H2,1H3/t12-,13+,14-,15+,16?. The monoisotopic (exact) mass is 326 g/mol. The Hall–Kier alpha value is -1.65. The highest BCUT2D eigenvalue weighted by molar-refractivity contribution is 5.34. The van der Waals surface area contributed by atoms with Crippen molar-refractivity contribution in [3.8, 4) is 0 Å². The van der Waals surface area contributed by atoms with Crippen LogP contribution >= 0.6 is 0 Å². The van der Waals surface area contributed by atoms with Gasteiger partial charge >= 0.3 is 0 Å². The molecule has 2 aromatic heterocycles. The van der Waals surface area contributed by atoms with Gasteiger partial charge in [-0.1, -0.05) is 6.92 Å². The van der Waals surface area contributed by atoms with Gasteiger partial charge in [0.2, 0.25) is 5.65 Å². The summed E-state index contributed by atoms with van der Waals surface area (Å²) in [5.74, 6) is 5.24. The van der Waals surface area contributed by atoms with Crippen LogP contribution in [0.15, 0.2) is 17.2 Å². The molecule has 4 aliphatic rings. The lowest BCUT2D eigenvalue weighted by molar-refractivity contribution is -0.0433. The van der Waals surface area contributed by atoms with Gasteiger partial charge in [0, 0.05) is 25.4 Å². The minimum absolute atomic E-state index is 0.0289. The molecule has 0 radical (unpaired) electrons. The second-order valence-corrected chi connectivity index (χ2v) is 8.41. The highest BCUT2D eigenvalue weighted by atomic mass is 16.1. The van der Waals surface area contributed by atoms with Crippen molar-refractivity contribution in [3.05, 3.63) is 28.6 Å². The molecule has 0 aliphatic heterocycles. The number of hydrogen-bond acceptors (Lipinski definition) is 3. The zero-order valence-corrected chi connectivity index (χ0v) is 14.4. The Labute approximate surface area is 142 Å². The van der Waals surface area contributed by atoms with E-state index in [0.29, 0.717) is 11.6 Å². The molecule has 128 valence electrons. The quantitative estimate of drug-likeness (QED) is 0.868. The lowest BCUT2D eigenvalue weighted by atomic mass is 9.52. The van der Waals surface area contributed by atoms with Crippen molar-refractivity contribution >= 4 is 5.65 Å². The van der Waals surface area contributed by atoms with Gasteiger partial charge in [-0.15, -0.1) is 10.2 Å². The van der Waals surface area contributed by atoms with Crippen LogP contribution in [0.1, 0.15) is 51.3 Å². The number of nitrogens with zero attached hydrogens (tertiary/aromatic N) is 4. The molecular weight excluding hydrogens is 300 g/mol. The molecule has 0 saturated heterocycles. The van der Waals surface area contributed by atoms with Crippen molar-refractivity contribution < 1.29 is 0 Å². The van der Waals surface area contributed by atoms with Crippen LogP contribution in [0.3, 0.4) is 0 Å². The van der Waals surface area contributed by atoms with Crippen molar-refractivity contribution in [3.63, 3.8) is 0 Å². The van der Waals surface area contributed by atoms with Crippen LogP contribution in [0.2, 0.25) is 0 Å². The van der Waals surface area contributed by atoms with Crippen molar-refractivity contribution in [2.75, 3.05) is 0 Å². The smallest absolute Gasteiger partial charge is 0.296 e. The van der Waals surface area contributed by atoms with Crippen LogP contribution in [0.25, 0.3) is 5.65 Å². The van der Waals surface area contributed by atoms with E-state index in [2.05, 4.69) is 17.1 Å². The Morgan fingerprint density at radius 3 is 2.42 bits per heavy atom. The van der Waals surface area contributed by atoms with E-state index in [0.717, 1.165) is 48.9 Å². The Morgan fingerprint density at radius 1 is 1.04 bits per heavy atom. The molecule has 24 heavy (non-hydrogen) atoms. The molecular formula is C19H26N4O. The van der Waals surface area contributed by atoms with Crippen molar-refractivity contribution in [2.24, 2.45) is 29.6 Å². The second kappa shape index (κ2) is 5.43. The van der Waals surface area contributed by atoms with E-state index in [4.69, 9.17) is 0 Å². The number of aromatic nitrogens is 4. The lowest BCUT2D eigenvalue weighted by Gasteiger charge is -2.54. The predicted molar refractivity (Wildman–Crippen MR) is 91.8 cm³/mol. The van der Waals surface area contributed by atoms with Crippen molar-refractivity contribution in [1.82, 2.24) is 19.2 Å². The summed E-state index contributed by atoms with van der Waals surface area (Å²) in [6.07, 6.45) is 12.9. The predicted octanol–water partition coefficient (Wildman–Crippen LogP) is 2.92. The van der Waals surface area contributed by atoms with E-state index >= 15 is 0 Å². The summed E-state index contributed by atoms with van der Waals surface area (Å²) in [7, 11) is 0. The number of rotatable bonds is 4. The van der Waals surface area contributed by atoms with Crippen LogP contribution < -0.4 is 5.56 Å². The molecule has 4 fully saturated rings. The first kappa shape index (κ1) is 14.7. The van der Waals surface area contributed by atoms with Gasteiger partial charge in [0.1, 0.15) is 5.82 Å². The van der Waals surface area contributed by atoms with E-state index in [1.54, 1.807) is 0 Å². The van der Waals surface area contributed by atoms with Gasteiger partial charge in [-0.2, -0.15) is 0 Å². The van der Waals surface area contributed by atoms with Crippen LogP contribution in [0.4, 0.5) is 0 Å².